The summed E-state index contributed by atoms with van der Waals surface area (Å²) in [5.41, 5.74) is 5.32. The molecule has 0 saturated carbocycles. The number of carbonyl (C=O) groups excluding carboxylic acids is 3. The molecule has 0 atom stereocenters. The minimum atomic E-state index is -0.512. The topological polar surface area (TPSA) is 94.9 Å². The molecule has 2 aromatic rings. The molecule has 0 unspecified atom stereocenters. The van der Waals surface area contributed by atoms with E-state index in [0.717, 1.165) is 0 Å². The van der Waals surface area contributed by atoms with Crippen LogP contribution in [0.15, 0.2) is 53.1 Å². The van der Waals surface area contributed by atoms with E-state index in [1.165, 1.54) is 12.3 Å². The zero-order valence-electron chi connectivity index (χ0n) is 14.2. The summed E-state index contributed by atoms with van der Waals surface area (Å²) in [6.45, 7) is 2.45. The molecule has 1 aromatic carbocycles. The summed E-state index contributed by atoms with van der Waals surface area (Å²) in [6, 6.07) is 12.2. The second-order valence-electron chi connectivity index (χ2n) is 5.91. The van der Waals surface area contributed by atoms with Crippen LogP contribution in [-0.4, -0.2) is 60.2 Å². The molecular formula is C18H20N4O4. The summed E-state index contributed by atoms with van der Waals surface area (Å²) in [4.78, 5) is 39.7. The first kappa shape index (κ1) is 17.7. The van der Waals surface area contributed by atoms with Crippen molar-refractivity contribution in [1.82, 2.24) is 20.7 Å². The van der Waals surface area contributed by atoms with Crippen molar-refractivity contribution in [1.29, 1.82) is 0 Å². The normalized spacial score (nSPS) is 14.7. The highest BCUT2D eigenvalue weighted by atomic mass is 16.3. The van der Waals surface area contributed by atoms with Gasteiger partial charge in [0.05, 0.1) is 12.8 Å². The fourth-order valence-electron chi connectivity index (χ4n) is 2.71. The van der Waals surface area contributed by atoms with Crippen LogP contribution in [0.2, 0.25) is 0 Å². The Morgan fingerprint density at radius 2 is 1.65 bits per heavy atom. The van der Waals surface area contributed by atoms with Crippen LogP contribution in [-0.2, 0) is 4.79 Å². The first-order valence-electron chi connectivity index (χ1n) is 8.33. The van der Waals surface area contributed by atoms with Gasteiger partial charge in [0.1, 0.15) is 0 Å². The minimum Gasteiger partial charge on any atom is -0.459 e. The number of carbonyl (C=O) groups is 3. The zero-order valence-corrected chi connectivity index (χ0v) is 14.2. The van der Waals surface area contributed by atoms with Crippen molar-refractivity contribution in [2.75, 3.05) is 32.7 Å². The number of piperazine rings is 1. The van der Waals surface area contributed by atoms with Crippen LogP contribution < -0.4 is 10.9 Å². The molecule has 1 aromatic heterocycles. The fraction of sp³-hybridized carbons (Fsp3) is 0.278. The summed E-state index contributed by atoms with van der Waals surface area (Å²) in [7, 11) is 0. The number of nitrogens with one attached hydrogen (secondary N) is 2. The van der Waals surface area contributed by atoms with Crippen LogP contribution in [0.4, 0.5) is 0 Å². The van der Waals surface area contributed by atoms with Gasteiger partial charge in [0.15, 0.2) is 5.76 Å². The van der Waals surface area contributed by atoms with Gasteiger partial charge < -0.3 is 9.32 Å². The highest BCUT2D eigenvalue weighted by Gasteiger charge is 2.23. The second-order valence-corrected chi connectivity index (χ2v) is 5.91. The van der Waals surface area contributed by atoms with Gasteiger partial charge in [-0.3, -0.25) is 30.1 Å². The van der Waals surface area contributed by atoms with Crippen molar-refractivity contribution in [3.8, 4) is 0 Å². The number of amides is 3. The molecule has 2 heterocycles. The molecule has 3 rings (SSSR count). The lowest BCUT2D eigenvalue weighted by Crippen LogP contribution is -2.52. The van der Waals surface area contributed by atoms with E-state index in [1.807, 2.05) is 23.1 Å². The first-order chi connectivity index (χ1) is 12.6. The maximum Gasteiger partial charge on any atom is 0.305 e. The summed E-state index contributed by atoms with van der Waals surface area (Å²) in [5.74, 6) is -0.715. The van der Waals surface area contributed by atoms with E-state index in [1.54, 1.807) is 23.1 Å². The molecule has 26 heavy (non-hydrogen) atoms. The number of rotatable bonds is 4. The number of hydrazine groups is 1. The van der Waals surface area contributed by atoms with E-state index in [2.05, 4.69) is 10.9 Å². The van der Waals surface area contributed by atoms with Gasteiger partial charge in [0.2, 0.25) is 0 Å². The molecular weight excluding hydrogens is 336 g/mol. The van der Waals surface area contributed by atoms with Crippen molar-refractivity contribution >= 4 is 17.7 Å². The SMILES string of the molecule is O=C(CN1CCN(C(=O)c2ccccc2)CC1)NNC(=O)c1ccco1. The van der Waals surface area contributed by atoms with Crippen molar-refractivity contribution in [3.05, 3.63) is 60.1 Å². The Hall–Kier alpha value is -3.13. The Bertz CT molecular complexity index is 753. The zero-order chi connectivity index (χ0) is 18.4. The maximum atomic E-state index is 12.4. The molecule has 8 heteroatoms. The minimum absolute atomic E-state index is 0.000382. The smallest absolute Gasteiger partial charge is 0.305 e. The highest BCUT2D eigenvalue weighted by Crippen LogP contribution is 2.08. The van der Waals surface area contributed by atoms with Crippen LogP contribution in [0.1, 0.15) is 20.9 Å². The Kier molecular flexibility index (Phi) is 5.65. The van der Waals surface area contributed by atoms with Gasteiger partial charge in [-0.05, 0) is 24.3 Å². The van der Waals surface area contributed by atoms with Gasteiger partial charge in [0, 0.05) is 31.7 Å². The van der Waals surface area contributed by atoms with Gasteiger partial charge in [-0.25, -0.2) is 0 Å². The number of nitrogens with zero attached hydrogens (tertiary/aromatic N) is 2. The summed E-state index contributed by atoms with van der Waals surface area (Å²) >= 11 is 0. The maximum absolute atomic E-state index is 12.4. The third-order valence-electron chi connectivity index (χ3n) is 4.11. The van der Waals surface area contributed by atoms with Crippen molar-refractivity contribution < 1.29 is 18.8 Å². The molecule has 1 aliphatic heterocycles. The van der Waals surface area contributed by atoms with Crippen molar-refractivity contribution in [2.24, 2.45) is 0 Å². The lowest BCUT2D eigenvalue weighted by atomic mass is 10.2. The van der Waals surface area contributed by atoms with Crippen molar-refractivity contribution in [3.63, 3.8) is 0 Å². The molecule has 2 N–H and O–H groups in total. The number of benzene rings is 1. The van der Waals surface area contributed by atoms with Crippen LogP contribution in [0, 0.1) is 0 Å². The highest BCUT2D eigenvalue weighted by molar-refractivity contribution is 5.94. The van der Waals surface area contributed by atoms with Crippen LogP contribution in [0.5, 0.6) is 0 Å². The van der Waals surface area contributed by atoms with Gasteiger partial charge in [-0.2, -0.15) is 0 Å². The van der Waals surface area contributed by atoms with E-state index in [9.17, 15) is 14.4 Å². The quantitative estimate of drug-likeness (QED) is 0.778. The van der Waals surface area contributed by atoms with Gasteiger partial charge in [-0.1, -0.05) is 18.2 Å². The molecule has 1 saturated heterocycles. The predicted octanol–water partition coefficient (Wildman–Crippen LogP) is 0.499. The van der Waals surface area contributed by atoms with Gasteiger partial charge >= 0.3 is 5.91 Å². The lowest BCUT2D eigenvalue weighted by Gasteiger charge is -2.34. The van der Waals surface area contributed by atoms with Crippen LogP contribution >= 0.6 is 0 Å². The molecule has 0 bridgehead atoms. The first-order valence-corrected chi connectivity index (χ1v) is 8.33. The molecule has 8 nitrogen and oxygen atoms in total. The molecule has 1 fully saturated rings. The monoisotopic (exact) mass is 356 g/mol. The molecule has 1 aliphatic rings. The Morgan fingerprint density at radius 3 is 2.31 bits per heavy atom. The number of hydrogen-bond acceptors (Lipinski definition) is 5. The average molecular weight is 356 g/mol. The standard InChI is InChI=1S/C18H20N4O4/c23-16(19-20-17(24)15-7-4-12-26-15)13-21-8-10-22(11-9-21)18(25)14-5-2-1-3-6-14/h1-7,12H,8-11,13H2,(H,19,23)(H,20,24). The molecule has 3 amide bonds. The summed E-state index contributed by atoms with van der Waals surface area (Å²) < 4.78 is 4.94. The molecule has 0 radical (unpaired) electrons. The fourth-order valence-corrected chi connectivity index (χ4v) is 2.71. The summed E-state index contributed by atoms with van der Waals surface area (Å²) in [5, 5.41) is 0. The molecule has 136 valence electrons. The third-order valence-corrected chi connectivity index (χ3v) is 4.11. The Labute approximate surface area is 150 Å². The number of furan rings is 1. The van der Waals surface area contributed by atoms with E-state index in [0.29, 0.717) is 31.7 Å². The predicted molar refractivity (Wildman–Crippen MR) is 93.1 cm³/mol. The van der Waals surface area contributed by atoms with E-state index < -0.39 is 5.91 Å². The number of hydrogen-bond donors (Lipinski definition) is 2. The largest absolute Gasteiger partial charge is 0.459 e. The van der Waals surface area contributed by atoms with Crippen molar-refractivity contribution in [2.45, 2.75) is 0 Å². The lowest BCUT2D eigenvalue weighted by molar-refractivity contribution is -0.123. The van der Waals surface area contributed by atoms with E-state index in [4.69, 9.17) is 4.42 Å². The molecule has 0 spiro atoms. The van der Waals surface area contributed by atoms with Crippen LogP contribution in [0.3, 0.4) is 0 Å². The molecule has 0 aliphatic carbocycles. The Balaban J connectivity index is 1.40. The summed E-state index contributed by atoms with van der Waals surface area (Å²) in [6.07, 6.45) is 1.38. The van der Waals surface area contributed by atoms with Crippen LogP contribution in [0.25, 0.3) is 0 Å². The average Bonchev–Trinajstić information content (AvgIpc) is 3.22. The van der Waals surface area contributed by atoms with E-state index in [-0.39, 0.29) is 24.1 Å². The van der Waals surface area contributed by atoms with Gasteiger partial charge in [-0.15, -0.1) is 0 Å². The van der Waals surface area contributed by atoms with E-state index >= 15 is 0 Å². The Morgan fingerprint density at radius 1 is 0.923 bits per heavy atom. The van der Waals surface area contributed by atoms with Gasteiger partial charge in [0.25, 0.3) is 11.8 Å². The second kappa shape index (κ2) is 8.30. The third kappa shape index (κ3) is 4.48.